The van der Waals surface area contributed by atoms with Crippen molar-refractivity contribution in [3.63, 3.8) is 0 Å². The standard InChI is InChI=1S/C28H35N3O8S2/c1-18-7-13-21(14-8-18)41(36,37)31(24(32)23-26(34)40-16-15-29-23)22(25(33)39-28(2,3)4)17-19-9-11-20(12-10-19)38-27(35)30(5)6/h7-14,22-23,29H,15-17H2,1-6H3/t22-,23?/m0/s1. The molecule has 1 fully saturated rings. The Kier molecular flexibility index (Phi) is 10.2. The Balaban J connectivity index is 2.10. The molecule has 1 saturated heterocycles. The van der Waals surface area contributed by atoms with E-state index in [0.29, 0.717) is 22.2 Å². The fraction of sp³-hybridized carbons (Fsp3) is 0.429. The van der Waals surface area contributed by atoms with Crippen molar-refractivity contribution in [1.29, 1.82) is 0 Å². The Morgan fingerprint density at radius 3 is 2.20 bits per heavy atom. The lowest BCUT2D eigenvalue weighted by Gasteiger charge is -2.34. The lowest BCUT2D eigenvalue weighted by Crippen LogP contribution is -2.59. The van der Waals surface area contributed by atoms with Crippen molar-refractivity contribution in [3.05, 3.63) is 59.7 Å². The van der Waals surface area contributed by atoms with Gasteiger partial charge < -0.3 is 14.4 Å². The number of nitrogens with one attached hydrogen (secondary N) is 1. The topological polar surface area (TPSA) is 139 Å². The molecule has 2 amide bonds. The second-order valence-electron chi connectivity index (χ2n) is 10.7. The molecule has 0 spiro atoms. The van der Waals surface area contributed by atoms with Crippen molar-refractivity contribution < 1.29 is 37.1 Å². The molecule has 0 aliphatic carbocycles. The van der Waals surface area contributed by atoms with E-state index in [9.17, 15) is 27.6 Å². The van der Waals surface area contributed by atoms with Gasteiger partial charge in [-0.3, -0.25) is 14.9 Å². The molecule has 1 aliphatic rings. The number of aryl methyl sites for hydroxylation is 1. The Hall–Kier alpha value is -3.42. The van der Waals surface area contributed by atoms with Gasteiger partial charge >= 0.3 is 12.1 Å². The Morgan fingerprint density at radius 1 is 1.05 bits per heavy atom. The molecule has 1 unspecified atom stereocenters. The maximum absolute atomic E-state index is 14.1. The van der Waals surface area contributed by atoms with E-state index in [2.05, 4.69) is 5.32 Å². The third-order valence-electron chi connectivity index (χ3n) is 5.86. The summed E-state index contributed by atoms with van der Waals surface area (Å²) in [5.41, 5.74) is 0.247. The van der Waals surface area contributed by atoms with Gasteiger partial charge in [0.05, 0.1) is 4.90 Å². The molecule has 2 aromatic carbocycles. The van der Waals surface area contributed by atoms with Gasteiger partial charge in [-0.25, -0.2) is 22.3 Å². The van der Waals surface area contributed by atoms with Crippen LogP contribution in [0.5, 0.6) is 5.75 Å². The van der Waals surface area contributed by atoms with Crippen LogP contribution < -0.4 is 10.1 Å². The molecule has 0 radical (unpaired) electrons. The summed E-state index contributed by atoms with van der Waals surface area (Å²) in [7, 11) is -1.57. The predicted octanol–water partition coefficient (Wildman–Crippen LogP) is 2.76. The minimum atomic E-state index is -4.64. The van der Waals surface area contributed by atoms with Crippen molar-refractivity contribution in [1.82, 2.24) is 14.5 Å². The van der Waals surface area contributed by atoms with E-state index in [1.165, 1.54) is 43.3 Å². The van der Waals surface area contributed by atoms with E-state index < -0.39 is 50.8 Å². The van der Waals surface area contributed by atoms with Crippen LogP contribution in [-0.4, -0.2) is 84.8 Å². The molecule has 222 valence electrons. The molecule has 1 N–H and O–H groups in total. The molecule has 0 saturated carbocycles. The van der Waals surface area contributed by atoms with E-state index in [1.807, 2.05) is 0 Å². The molecule has 0 aromatic heterocycles. The second kappa shape index (κ2) is 13.0. The first kappa shape index (κ1) is 32.1. The highest BCUT2D eigenvalue weighted by atomic mass is 32.2. The van der Waals surface area contributed by atoms with Crippen LogP contribution >= 0.6 is 11.8 Å². The number of amides is 2. The number of hydrogen-bond acceptors (Lipinski definition) is 10. The molecule has 1 heterocycles. The van der Waals surface area contributed by atoms with Gasteiger partial charge in [-0.1, -0.05) is 41.6 Å². The van der Waals surface area contributed by atoms with Crippen LogP contribution in [0.3, 0.4) is 0 Å². The fourth-order valence-electron chi connectivity index (χ4n) is 3.84. The maximum atomic E-state index is 14.1. The van der Waals surface area contributed by atoms with Gasteiger partial charge in [0.25, 0.3) is 15.9 Å². The van der Waals surface area contributed by atoms with Gasteiger partial charge in [-0.2, -0.15) is 0 Å². The van der Waals surface area contributed by atoms with Gasteiger partial charge in [0.1, 0.15) is 17.4 Å². The van der Waals surface area contributed by atoms with Crippen molar-refractivity contribution in [2.75, 3.05) is 26.4 Å². The summed E-state index contributed by atoms with van der Waals surface area (Å²) in [5.74, 6) is -1.38. The summed E-state index contributed by atoms with van der Waals surface area (Å²) in [6.45, 7) is 6.96. The monoisotopic (exact) mass is 605 g/mol. The van der Waals surface area contributed by atoms with Crippen LogP contribution in [0.15, 0.2) is 53.4 Å². The van der Waals surface area contributed by atoms with Gasteiger partial charge in [0.15, 0.2) is 6.04 Å². The number of carbonyl (C=O) groups is 4. The first-order chi connectivity index (χ1) is 19.1. The summed E-state index contributed by atoms with van der Waals surface area (Å²) in [4.78, 5) is 53.2. The van der Waals surface area contributed by atoms with Crippen molar-refractivity contribution in [2.24, 2.45) is 0 Å². The number of thioether (sulfide) groups is 1. The number of ether oxygens (including phenoxy) is 2. The van der Waals surface area contributed by atoms with E-state index in [1.54, 1.807) is 52.0 Å². The molecule has 0 bridgehead atoms. The lowest BCUT2D eigenvalue weighted by atomic mass is 10.0. The smallest absolute Gasteiger partial charge is 0.414 e. The zero-order chi connectivity index (χ0) is 30.5. The molecule has 13 heteroatoms. The molecule has 3 rings (SSSR count). The number of carbonyl (C=O) groups excluding carboxylic acids is 4. The molecule has 41 heavy (non-hydrogen) atoms. The number of hydrogen-bond donors (Lipinski definition) is 1. The summed E-state index contributed by atoms with van der Waals surface area (Å²) < 4.78 is 39.4. The first-order valence-corrected chi connectivity index (χ1v) is 15.3. The number of sulfonamides is 1. The van der Waals surface area contributed by atoms with Crippen LogP contribution in [0.1, 0.15) is 31.9 Å². The Bertz CT molecular complexity index is 1380. The third kappa shape index (κ3) is 8.30. The molecule has 1 aliphatic heterocycles. The largest absolute Gasteiger partial charge is 0.458 e. The first-order valence-electron chi connectivity index (χ1n) is 12.9. The molecular weight excluding hydrogens is 570 g/mol. The van der Waals surface area contributed by atoms with Gasteiger partial charge in [-0.05, 0) is 57.5 Å². The van der Waals surface area contributed by atoms with Gasteiger partial charge in [0.2, 0.25) is 5.12 Å². The van der Waals surface area contributed by atoms with Gasteiger partial charge in [0, 0.05) is 32.8 Å². The Morgan fingerprint density at radius 2 is 1.66 bits per heavy atom. The van der Waals surface area contributed by atoms with E-state index in [-0.39, 0.29) is 17.1 Å². The SMILES string of the molecule is Cc1ccc(S(=O)(=O)N(C(=O)C2NCCSC2=O)[C@@H](Cc2ccc(OC(=O)N(C)C)cc2)C(=O)OC(C)(C)C)cc1. The van der Waals surface area contributed by atoms with Crippen LogP contribution in [0.25, 0.3) is 0 Å². The summed E-state index contributed by atoms with van der Waals surface area (Å²) in [6, 6.07) is 8.81. The number of nitrogens with zero attached hydrogens (tertiary/aromatic N) is 2. The normalized spacial score (nSPS) is 16.4. The predicted molar refractivity (Wildman–Crippen MR) is 154 cm³/mol. The lowest BCUT2D eigenvalue weighted by molar-refractivity contribution is -0.162. The average Bonchev–Trinajstić information content (AvgIpc) is 2.88. The molecule has 2 atom stereocenters. The average molecular weight is 606 g/mol. The summed E-state index contributed by atoms with van der Waals surface area (Å²) in [5, 5.41) is 2.25. The third-order valence-corrected chi connectivity index (χ3v) is 8.61. The Labute approximate surface area is 244 Å². The van der Waals surface area contributed by atoms with Gasteiger partial charge in [-0.15, -0.1) is 0 Å². The van der Waals surface area contributed by atoms with E-state index in [0.717, 1.165) is 17.3 Å². The number of rotatable bonds is 8. The van der Waals surface area contributed by atoms with Crippen molar-refractivity contribution in [2.45, 2.75) is 56.7 Å². The maximum Gasteiger partial charge on any atom is 0.414 e. The number of esters is 1. The summed E-state index contributed by atoms with van der Waals surface area (Å²) >= 11 is 0.918. The quantitative estimate of drug-likeness (QED) is 0.353. The fourth-order valence-corrected chi connectivity index (χ4v) is 6.16. The highest BCUT2D eigenvalue weighted by Crippen LogP contribution is 2.27. The zero-order valence-electron chi connectivity index (χ0n) is 23.9. The van der Waals surface area contributed by atoms with Crippen LogP contribution in [-0.2, 0) is 35.6 Å². The summed E-state index contributed by atoms with van der Waals surface area (Å²) in [6.07, 6.45) is -0.852. The highest BCUT2D eigenvalue weighted by molar-refractivity contribution is 8.13. The minimum absolute atomic E-state index is 0.216. The highest BCUT2D eigenvalue weighted by Gasteiger charge is 2.46. The van der Waals surface area contributed by atoms with E-state index in [4.69, 9.17) is 9.47 Å². The van der Waals surface area contributed by atoms with Crippen molar-refractivity contribution >= 4 is 44.9 Å². The molecule has 11 nitrogen and oxygen atoms in total. The van der Waals surface area contributed by atoms with Crippen LogP contribution in [0.2, 0.25) is 0 Å². The van der Waals surface area contributed by atoms with Crippen molar-refractivity contribution in [3.8, 4) is 5.75 Å². The number of benzene rings is 2. The second-order valence-corrected chi connectivity index (χ2v) is 13.6. The van der Waals surface area contributed by atoms with Crippen LogP contribution in [0.4, 0.5) is 4.79 Å². The molecule has 2 aromatic rings. The molecular formula is C28H35N3O8S2. The van der Waals surface area contributed by atoms with Crippen LogP contribution in [0, 0.1) is 6.92 Å². The van der Waals surface area contributed by atoms with E-state index >= 15 is 0 Å². The zero-order valence-corrected chi connectivity index (χ0v) is 25.5. The minimum Gasteiger partial charge on any atom is -0.458 e.